The van der Waals surface area contributed by atoms with Crippen molar-refractivity contribution in [2.24, 2.45) is 0 Å². The van der Waals surface area contributed by atoms with E-state index in [1.54, 1.807) is 30.3 Å². The van der Waals surface area contributed by atoms with Gasteiger partial charge >= 0.3 is 0 Å². The van der Waals surface area contributed by atoms with Crippen molar-refractivity contribution in [2.75, 3.05) is 11.1 Å². The highest BCUT2D eigenvalue weighted by molar-refractivity contribution is 6.06. The zero-order valence-electron chi connectivity index (χ0n) is 12.7. The standard InChI is InChI=1S/C17H12F2N4O.ClH/c18-11-7-10(8-12(19)9-11)16(24)22-14-4-2-1-3-13(14)15-5-6-21-17(20)23-15;/h1-9H,(H,22,24)(H2,20,21,23);1H. The van der Waals surface area contributed by atoms with E-state index in [9.17, 15) is 13.6 Å². The van der Waals surface area contributed by atoms with Crippen LogP contribution in [0.15, 0.2) is 54.7 Å². The van der Waals surface area contributed by atoms with Crippen molar-refractivity contribution in [3.05, 3.63) is 71.9 Å². The third kappa shape index (κ3) is 4.27. The maximum absolute atomic E-state index is 13.3. The molecule has 3 N–H and O–H groups in total. The van der Waals surface area contributed by atoms with Crippen molar-refractivity contribution >= 4 is 29.9 Å². The number of halogens is 3. The summed E-state index contributed by atoms with van der Waals surface area (Å²) in [6, 6.07) is 11.1. The minimum Gasteiger partial charge on any atom is -0.368 e. The molecule has 0 saturated heterocycles. The number of amides is 1. The molecule has 8 heteroatoms. The number of carbonyl (C=O) groups is 1. The molecule has 0 fully saturated rings. The molecule has 3 rings (SSSR count). The summed E-state index contributed by atoms with van der Waals surface area (Å²) in [5, 5.41) is 2.63. The monoisotopic (exact) mass is 362 g/mol. The van der Waals surface area contributed by atoms with E-state index in [0.717, 1.165) is 12.1 Å². The second-order valence-corrected chi connectivity index (χ2v) is 4.96. The van der Waals surface area contributed by atoms with Gasteiger partial charge in [-0.3, -0.25) is 4.79 Å². The van der Waals surface area contributed by atoms with Gasteiger partial charge in [-0.2, -0.15) is 0 Å². The third-order valence-corrected chi connectivity index (χ3v) is 3.25. The van der Waals surface area contributed by atoms with E-state index in [0.29, 0.717) is 23.0 Å². The summed E-state index contributed by atoms with van der Waals surface area (Å²) in [7, 11) is 0. The molecule has 0 aliphatic heterocycles. The number of hydrogen-bond acceptors (Lipinski definition) is 4. The number of anilines is 2. The zero-order chi connectivity index (χ0) is 17.1. The highest BCUT2D eigenvalue weighted by Crippen LogP contribution is 2.26. The molecule has 1 amide bonds. The largest absolute Gasteiger partial charge is 0.368 e. The molecule has 3 aromatic rings. The molecule has 0 aliphatic carbocycles. The smallest absolute Gasteiger partial charge is 0.255 e. The predicted octanol–water partition coefficient (Wildman–Crippen LogP) is 3.68. The molecule has 0 radical (unpaired) electrons. The average molecular weight is 363 g/mol. The van der Waals surface area contributed by atoms with Crippen molar-refractivity contribution < 1.29 is 13.6 Å². The van der Waals surface area contributed by atoms with Crippen LogP contribution in [0.25, 0.3) is 11.3 Å². The molecule has 0 aliphatic rings. The number of carbonyl (C=O) groups excluding carboxylic acids is 1. The Kier molecular flexibility index (Phi) is 5.61. The van der Waals surface area contributed by atoms with Crippen molar-refractivity contribution in [2.45, 2.75) is 0 Å². The van der Waals surface area contributed by atoms with Crippen molar-refractivity contribution in [1.82, 2.24) is 9.97 Å². The Hall–Kier alpha value is -3.06. The first-order valence-corrected chi connectivity index (χ1v) is 6.98. The summed E-state index contributed by atoms with van der Waals surface area (Å²) in [4.78, 5) is 20.2. The molecule has 0 bridgehead atoms. The first-order valence-electron chi connectivity index (χ1n) is 6.98. The van der Waals surface area contributed by atoms with Gasteiger partial charge in [0, 0.05) is 23.4 Å². The second kappa shape index (κ2) is 7.67. The summed E-state index contributed by atoms with van der Waals surface area (Å²) in [6.45, 7) is 0. The van der Waals surface area contributed by atoms with Crippen LogP contribution in [0.2, 0.25) is 0 Å². The second-order valence-electron chi connectivity index (χ2n) is 4.96. The molecule has 1 heterocycles. The lowest BCUT2D eigenvalue weighted by molar-refractivity contribution is 0.102. The molecule has 0 unspecified atom stereocenters. The summed E-state index contributed by atoms with van der Waals surface area (Å²) >= 11 is 0. The maximum atomic E-state index is 13.3. The Morgan fingerprint density at radius 3 is 2.40 bits per heavy atom. The van der Waals surface area contributed by atoms with Crippen LogP contribution in [0.5, 0.6) is 0 Å². The van der Waals surface area contributed by atoms with Crippen LogP contribution in [0.3, 0.4) is 0 Å². The number of benzene rings is 2. The Morgan fingerprint density at radius 1 is 1.04 bits per heavy atom. The molecule has 0 atom stereocenters. The minimum atomic E-state index is -0.822. The van der Waals surface area contributed by atoms with E-state index >= 15 is 0 Å². The van der Waals surface area contributed by atoms with Crippen LogP contribution in [-0.4, -0.2) is 15.9 Å². The number of nitrogens with zero attached hydrogens (tertiary/aromatic N) is 2. The number of nitrogens with two attached hydrogens (primary N) is 1. The summed E-state index contributed by atoms with van der Waals surface area (Å²) in [5.41, 5.74) is 7.02. The van der Waals surface area contributed by atoms with Gasteiger partial charge in [0.1, 0.15) is 11.6 Å². The van der Waals surface area contributed by atoms with E-state index in [-0.39, 0.29) is 23.9 Å². The lowest BCUT2D eigenvalue weighted by atomic mass is 10.1. The Morgan fingerprint density at radius 2 is 1.72 bits per heavy atom. The maximum Gasteiger partial charge on any atom is 0.255 e. The van der Waals surface area contributed by atoms with E-state index < -0.39 is 17.5 Å². The summed E-state index contributed by atoms with van der Waals surface area (Å²) in [5.74, 6) is -2.18. The van der Waals surface area contributed by atoms with Gasteiger partial charge in [-0.1, -0.05) is 18.2 Å². The lowest BCUT2D eigenvalue weighted by Gasteiger charge is -2.11. The predicted molar refractivity (Wildman–Crippen MR) is 93.4 cm³/mol. The number of para-hydroxylation sites is 1. The number of nitrogen functional groups attached to an aromatic ring is 1. The van der Waals surface area contributed by atoms with Gasteiger partial charge < -0.3 is 11.1 Å². The first kappa shape index (κ1) is 18.3. The average Bonchev–Trinajstić information content (AvgIpc) is 2.54. The zero-order valence-corrected chi connectivity index (χ0v) is 13.6. The van der Waals surface area contributed by atoms with Crippen LogP contribution >= 0.6 is 12.4 Å². The third-order valence-electron chi connectivity index (χ3n) is 3.25. The van der Waals surface area contributed by atoms with Crippen LogP contribution in [-0.2, 0) is 0 Å². The first-order chi connectivity index (χ1) is 11.5. The molecule has 128 valence electrons. The van der Waals surface area contributed by atoms with Crippen LogP contribution in [0.1, 0.15) is 10.4 Å². The molecular formula is C17H13ClF2N4O. The van der Waals surface area contributed by atoms with Crippen molar-refractivity contribution in [3.63, 3.8) is 0 Å². The van der Waals surface area contributed by atoms with Gasteiger partial charge in [-0.25, -0.2) is 18.7 Å². The fraction of sp³-hybridized carbons (Fsp3) is 0. The summed E-state index contributed by atoms with van der Waals surface area (Å²) < 4.78 is 26.5. The lowest BCUT2D eigenvalue weighted by Crippen LogP contribution is -2.13. The van der Waals surface area contributed by atoms with Crippen LogP contribution in [0.4, 0.5) is 20.4 Å². The van der Waals surface area contributed by atoms with Gasteiger partial charge in [0.05, 0.1) is 11.4 Å². The fourth-order valence-electron chi connectivity index (χ4n) is 2.22. The quantitative estimate of drug-likeness (QED) is 0.744. The fourth-order valence-corrected chi connectivity index (χ4v) is 2.22. The highest BCUT2D eigenvalue weighted by Gasteiger charge is 2.13. The van der Waals surface area contributed by atoms with Crippen LogP contribution < -0.4 is 11.1 Å². The Labute approximate surface area is 148 Å². The number of nitrogens with one attached hydrogen (secondary N) is 1. The molecule has 0 spiro atoms. The number of rotatable bonds is 3. The summed E-state index contributed by atoms with van der Waals surface area (Å²) in [6.07, 6.45) is 1.50. The van der Waals surface area contributed by atoms with E-state index in [1.807, 2.05) is 0 Å². The highest BCUT2D eigenvalue weighted by atomic mass is 35.5. The molecule has 1 aromatic heterocycles. The van der Waals surface area contributed by atoms with Crippen molar-refractivity contribution in [3.8, 4) is 11.3 Å². The Balaban J connectivity index is 0.00000225. The number of hydrogen-bond donors (Lipinski definition) is 2. The van der Waals surface area contributed by atoms with E-state index in [4.69, 9.17) is 5.73 Å². The molecular weight excluding hydrogens is 350 g/mol. The topological polar surface area (TPSA) is 80.9 Å². The van der Waals surface area contributed by atoms with E-state index in [2.05, 4.69) is 15.3 Å². The van der Waals surface area contributed by atoms with E-state index in [1.165, 1.54) is 6.20 Å². The van der Waals surface area contributed by atoms with Crippen LogP contribution in [0, 0.1) is 11.6 Å². The molecule has 5 nitrogen and oxygen atoms in total. The van der Waals surface area contributed by atoms with Crippen molar-refractivity contribution in [1.29, 1.82) is 0 Å². The normalized spacial score (nSPS) is 10.0. The number of aromatic nitrogens is 2. The Bertz CT molecular complexity index is 900. The van der Waals surface area contributed by atoms with Gasteiger partial charge in [-0.15, -0.1) is 12.4 Å². The minimum absolute atomic E-state index is 0. The van der Waals surface area contributed by atoms with Gasteiger partial charge in [-0.05, 0) is 24.3 Å². The van der Waals surface area contributed by atoms with Gasteiger partial charge in [0.15, 0.2) is 0 Å². The molecule has 25 heavy (non-hydrogen) atoms. The van der Waals surface area contributed by atoms with Gasteiger partial charge in [0.2, 0.25) is 5.95 Å². The SMILES string of the molecule is Cl.Nc1nccc(-c2ccccc2NC(=O)c2cc(F)cc(F)c2)n1. The molecule has 2 aromatic carbocycles. The van der Waals surface area contributed by atoms with Gasteiger partial charge in [0.25, 0.3) is 5.91 Å². The molecule has 0 saturated carbocycles.